The van der Waals surface area contributed by atoms with E-state index in [1.807, 2.05) is 44.2 Å². The fraction of sp³-hybridized carbons (Fsp3) is 0.467. The molecule has 0 fully saturated rings. The van der Waals surface area contributed by atoms with Gasteiger partial charge in [0.2, 0.25) is 11.7 Å². The number of nitrogens with zero attached hydrogens (tertiary/aromatic N) is 2. The lowest BCUT2D eigenvalue weighted by molar-refractivity contribution is -0.0106. The van der Waals surface area contributed by atoms with E-state index in [9.17, 15) is 0 Å². The lowest BCUT2D eigenvalue weighted by atomic mass is 9.99. The summed E-state index contributed by atoms with van der Waals surface area (Å²) in [6.07, 6.45) is 0.765. The van der Waals surface area contributed by atoms with Crippen molar-refractivity contribution in [2.75, 3.05) is 13.7 Å². The van der Waals surface area contributed by atoms with Gasteiger partial charge in [-0.1, -0.05) is 42.4 Å². The van der Waals surface area contributed by atoms with Gasteiger partial charge in [0.25, 0.3) is 0 Å². The zero-order valence-electron chi connectivity index (χ0n) is 12.2. The van der Waals surface area contributed by atoms with Crippen LogP contribution in [0.4, 0.5) is 0 Å². The first-order chi connectivity index (χ1) is 9.64. The zero-order chi connectivity index (χ0) is 14.6. The summed E-state index contributed by atoms with van der Waals surface area (Å²) in [6.45, 7) is 4.39. The Hall–Kier alpha value is -1.72. The van der Waals surface area contributed by atoms with Crippen LogP contribution in [0.5, 0.6) is 0 Å². The van der Waals surface area contributed by atoms with E-state index in [2.05, 4.69) is 10.1 Å². The fourth-order valence-corrected chi connectivity index (χ4v) is 2.05. The van der Waals surface area contributed by atoms with Crippen LogP contribution < -0.4 is 5.73 Å². The second-order valence-corrected chi connectivity index (χ2v) is 4.94. The topological polar surface area (TPSA) is 74.2 Å². The van der Waals surface area contributed by atoms with Crippen molar-refractivity contribution in [3.05, 3.63) is 47.6 Å². The lowest BCUT2D eigenvalue weighted by Crippen LogP contribution is -2.25. The van der Waals surface area contributed by atoms with Crippen molar-refractivity contribution in [3.63, 3.8) is 0 Å². The van der Waals surface area contributed by atoms with Gasteiger partial charge in [0.15, 0.2) is 0 Å². The molecule has 0 aliphatic carbocycles. The molecular weight excluding hydrogens is 254 g/mol. The van der Waals surface area contributed by atoms with Gasteiger partial charge in [-0.15, -0.1) is 0 Å². The van der Waals surface area contributed by atoms with E-state index in [-0.39, 0.29) is 5.92 Å². The highest BCUT2D eigenvalue weighted by Gasteiger charge is 2.31. The normalized spacial score (nSPS) is 15.8. The first-order valence-corrected chi connectivity index (χ1v) is 6.79. The van der Waals surface area contributed by atoms with Crippen molar-refractivity contribution < 1.29 is 9.26 Å². The highest BCUT2D eigenvalue weighted by Crippen LogP contribution is 2.28. The van der Waals surface area contributed by atoms with Crippen LogP contribution >= 0.6 is 0 Å². The third-order valence-corrected chi connectivity index (χ3v) is 3.78. The SMILES string of the molecule is CCC(C)(OC)c1noc(C(CN)c2ccccc2)n1. The molecule has 2 atom stereocenters. The summed E-state index contributed by atoms with van der Waals surface area (Å²) < 4.78 is 10.9. The summed E-state index contributed by atoms with van der Waals surface area (Å²) in [5, 5.41) is 4.06. The highest BCUT2D eigenvalue weighted by molar-refractivity contribution is 5.25. The number of hydrogen-bond donors (Lipinski definition) is 1. The fourth-order valence-electron chi connectivity index (χ4n) is 2.05. The van der Waals surface area contributed by atoms with Crippen LogP contribution in [0.25, 0.3) is 0 Å². The monoisotopic (exact) mass is 275 g/mol. The van der Waals surface area contributed by atoms with Crippen molar-refractivity contribution in [1.82, 2.24) is 10.1 Å². The summed E-state index contributed by atoms with van der Waals surface area (Å²) in [6, 6.07) is 9.93. The number of methoxy groups -OCH3 is 1. The molecule has 0 spiro atoms. The number of nitrogens with two attached hydrogens (primary N) is 1. The third-order valence-electron chi connectivity index (χ3n) is 3.78. The molecule has 0 amide bonds. The van der Waals surface area contributed by atoms with Crippen LogP contribution in [0, 0.1) is 0 Å². The maximum atomic E-state index is 5.86. The minimum Gasteiger partial charge on any atom is -0.370 e. The minimum absolute atomic E-state index is 0.0876. The first kappa shape index (κ1) is 14.7. The number of aromatic nitrogens is 2. The maximum Gasteiger partial charge on any atom is 0.235 e. The van der Waals surface area contributed by atoms with Gasteiger partial charge in [-0.2, -0.15) is 4.98 Å². The molecule has 20 heavy (non-hydrogen) atoms. The van der Waals surface area contributed by atoms with Crippen molar-refractivity contribution >= 4 is 0 Å². The highest BCUT2D eigenvalue weighted by atomic mass is 16.5. The Morgan fingerprint density at radius 1 is 1.35 bits per heavy atom. The zero-order valence-corrected chi connectivity index (χ0v) is 12.2. The van der Waals surface area contributed by atoms with Gasteiger partial charge in [-0.25, -0.2) is 0 Å². The summed E-state index contributed by atoms with van der Waals surface area (Å²) in [7, 11) is 1.65. The van der Waals surface area contributed by atoms with Gasteiger partial charge >= 0.3 is 0 Å². The van der Waals surface area contributed by atoms with Gasteiger partial charge in [0.1, 0.15) is 5.60 Å². The van der Waals surface area contributed by atoms with Crippen molar-refractivity contribution in [1.29, 1.82) is 0 Å². The quantitative estimate of drug-likeness (QED) is 0.876. The molecule has 2 aromatic rings. The summed E-state index contributed by atoms with van der Waals surface area (Å²) in [5.41, 5.74) is 6.40. The Morgan fingerprint density at radius 3 is 2.60 bits per heavy atom. The van der Waals surface area contributed by atoms with Crippen molar-refractivity contribution in [2.24, 2.45) is 5.73 Å². The van der Waals surface area contributed by atoms with Gasteiger partial charge in [0, 0.05) is 13.7 Å². The largest absolute Gasteiger partial charge is 0.370 e. The molecule has 1 heterocycles. The smallest absolute Gasteiger partial charge is 0.235 e. The molecule has 0 radical (unpaired) electrons. The average molecular weight is 275 g/mol. The van der Waals surface area contributed by atoms with E-state index in [4.69, 9.17) is 15.0 Å². The molecule has 2 rings (SSSR count). The lowest BCUT2D eigenvalue weighted by Gasteiger charge is -2.21. The van der Waals surface area contributed by atoms with Crippen LogP contribution in [0.3, 0.4) is 0 Å². The Morgan fingerprint density at radius 2 is 2.05 bits per heavy atom. The van der Waals surface area contributed by atoms with Gasteiger partial charge in [-0.05, 0) is 18.9 Å². The Bertz CT molecular complexity index is 535. The van der Waals surface area contributed by atoms with E-state index in [1.165, 1.54) is 0 Å². The number of benzene rings is 1. The molecule has 0 bridgehead atoms. The van der Waals surface area contributed by atoms with Crippen molar-refractivity contribution in [3.8, 4) is 0 Å². The molecule has 1 aromatic heterocycles. The minimum atomic E-state index is -0.530. The van der Waals surface area contributed by atoms with Gasteiger partial charge in [-0.3, -0.25) is 0 Å². The summed E-state index contributed by atoms with van der Waals surface area (Å²) in [5.74, 6) is 1.01. The number of rotatable bonds is 6. The average Bonchev–Trinajstić information content (AvgIpc) is 2.98. The maximum absolute atomic E-state index is 5.86. The third kappa shape index (κ3) is 2.73. The molecular formula is C15H21N3O2. The molecule has 0 aliphatic heterocycles. The molecule has 0 saturated carbocycles. The van der Waals surface area contributed by atoms with Crippen LogP contribution in [0.2, 0.25) is 0 Å². The Balaban J connectivity index is 2.32. The molecule has 108 valence electrons. The van der Waals surface area contributed by atoms with Crippen LogP contribution in [-0.2, 0) is 10.3 Å². The predicted octanol–water partition coefficient (Wildman–Crippen LogP) is 2.43. The molecule has 0 saturated heterocycles. The summed E-state index contributed by atoms with van der Waals surface area (Å²) >= 11 is 0. The molecule has 5 heteroatoms. The van der Waals surface area contributed by atoms with Crippen LogP contribution in [0.15, 0.2) is 34.9 Å². The van der Waals surface area contributed by atoms with E-state index in [1.54, 1.807) is 7.11 Å². The van der Waals surface area contributed by atoms with E-state index >= 15 is 0 Å². The van der Waals surface area contributed by atoms with Crippen molar-refractivity contribution in [2.45, 2.75) is 31.8 Å². The molecule has 2 unspecified atom stereocenters. The van der Waals surface area contributed by atoms with Crippen LogP contribution in [0.1, 0.15) is 43.5 Å². The molecule has 5 nitrogen and oxygen atoms in total. The van der Waals surface area contributed by atoms with E-state index < -0.39 is 5.60 Å². The van der Waals surface area contributed by atoms with Crippen LogP contribution in [-0.4, -0.2) is 23.8 Å². The summed E-state index contributed by atoms with van der Waals surface area (Å²) in [4.78, 5) is 4.49. The second kappa shape index (κ2) is 6.15. The van der Waals surface area contributed by atoms with Gasteiger partial charge < -0.3 is 15.0 Å². The van der Waals surface area contributed by atoms with E-state index in [0.29, 0.717) is 18.3 Å². The predicted molar refractivity (Wildman–Crippen MR) is 76.3 cm³/mol. The molecule has 1 aromatic carbocycles. The standard InChI is InChI=1S/C15H21N3O2/c1-4-15(2,19-3)14-17-13(20-18-14)12(10-16)11-8-6-5-7-9-11/h5-9,12H,4,10,16H2,1-3H3. The molecule has 0 aliphatic rings. The number of hydrogen-bond acceptors (Lipinski definition) is 5. The first-order valence-electron chi connectivity index (χ1n) is 6.79. The molecule has 2 N–H and O–H groups in total. The second-order valence-electron chi connectivity index (χ2n) is 4.94. The van der Waals surface area contributed by atoms with E-state index in [0.717, 1.165) is 12.0 Å². The Kier molecular flexibility index (Phi) is 4.52. The number of ether oxygens (including phenoxy) is 1. The van der Waals surface area contributed by atoms with Gasteiger partial charge in [0.05, 0.1) is 5.92 Å². The Labute approximate surface area is 119 Å².